The summed E-state index contributed by atoms with van der Waals surface area (Å²) in [4.78, 5) is 11.5. The van der Waals surface area contributed by atoms with Gasteiger partial charge in [0.2, 0.25) is 0 Å². The molecule has 3 heterocycles. The molecule has 1 unspecified atom stereocenters. The molecule has 0 bridgehead atoms. The number of hydrogen-bond acceptors (Lipinski definition) is 7. The van der Waals surface area contributed by atoms with E-state index in [4.69, 9.17) is 22.7 Å². The number of nitrogen functional groups attached to an aromatic ring is 1. The highest BCUT2D eigenvalue weighted by Crippen LogP contribution is 2.35. The number of pyridine rings is 2. The van der Waals surface area contributed by atoms with Crippen LogP contribution in [0.2, 0.25) is 5.02 Å². The highest BCUT2D eigenvalue weighted by Gasteiger charge is 2.23. The predicted molar refractivity (Wildman–Crippen MR) is 127 cm³/mol. The molecule has 162 valence electrons. The van der Waals surface area contributed by atoms with Gasteiger partial charge in [0.05, 0.1) is 22.6 Å². The second-order valence-electron chi connectivity index (χ2n) is 7.94. The van der Waals surface area contributed by atoms with Gasteiger partial charge in [-0.25, -0.2) is 9.97 Å². The van der Waals surface area contributed by atoms with Crippen molar-refractivity contribution in [3.8, 4) is 17.0 Å². The number of benzene rings is 1. The SMILES string of the molecule is CCCCNC1CCN(c2cnc3nc(-c4cc(C=N)c(N)cc4O)cc(Cl)c3c2)C1. The third-order valence-corrected chi connectivity index (χ3v) is 6.06. The van der Waals surface area contributed by atoms with E-state index in [0.29, 0.717) is 39.2 Å². The predicted octanol–water partition coefficient (Wildman–Crippen LogP) is 4.20. The molecule has 7 nitrogen and oxygen atoms in total. The highest BCUT2D eigenvalue weighted by molar-refractivity contribution is 6.35. The minimum absolute atomic E-state index is 0.0127. The Morgan fingerprint density at radius 2 is 2.19 bits per heavy atom. The molecule has 5 N–H and O–H groups in total. The maximum absolute atomic E-state index is 10.3. The normalized spacial score (nSPS) is 16.2. The maximum Gasteiger partial charge on any atom is 0.161 e. The van der Waals surface area contributed by atoms with Crippen LogP contribution in [0.3, 0.4) is 0 Å². The van der Waals surface area contributed by atoms with Gasteiger partial charge in [0, 0.05) is 53.6 Å². The first-order valence-corrected chi connectivity index (χ1v) is 11.0. The Balaban J connectivity index is 1.62. The van der Waals surface area contributed by atoms with Crippen molar-refractivity contribution in [1.29, 1.82) is 5.41 Å². The number of halogens is 1. The van der Waals surface area contributed by atoms with E-state index in [2.05, 4.69) is 27.1 Å². The molecule has 0 saturated carbocycles. The molecular formula is C23H27ClN6O. The van der Waals surface area contributed by atoms with Crippen LogP contribution >= 0.6 is 11.6 Å². The molecular weight excluding hydrogens is 412 g/mol. The number of nitrogens with two attached hydrogens (primary N) is 1. The molecule has 3 aromatic rings. The zero-order chi connectivity index (χ0) is 22.0. The number of aromatic hydroxyl groups is 1. The van der Waals surface area contributed by atoms with E-state index >= 15 is 0 Å². The zero-order valence-electron chi connectivity index (χ0n) is 17.5. The molecule has 2 aromatic heterocycles. The molecule has 1 saturated heterocycles. The van der Waals surface area contributed by atoms with Crippen molar-refractivity contribution in [3.63, 3.8) is 0 Å². The van der Waals surface area contributed by atoms with Gasteiger partial charge < -0.3 is 26.5 Å². The summed E-state index contributed by atoms with van der Waals surface area (Å²) in [6, 6.07) is 7.29. The third kappa shape index (κ3) is 4.43. The summed E-state index contributed by atoms with van der Waals surface area (Å²) >= 11 is 6.60. The smallest absolute Gasteiger partial charge is 0.161 e. The van der Waals surface area contributed by atoms with Crippen LogP contribution in [0.4, 0.5) is 11.4 Å². The van der Waals surface area contributed by atoms with E-state index < -0.39 is 0 Å². The Hall–Kier alpha value is -2.90. The lowest BCUT2D eigenvalue weighted by Gasteiger charge is -2.19. The Labute approximate surface area is 186 Å². The average Bonchev–Trinajstić information content (AvgIpc) is 3.23. The second-order valence-corrected chi connectivity index (χ2v) is 8.34. The Bertz CT molecular complexity index is 1120. The first-order valence-electron chi connectivity index (χ1n) is 10.6. The number of phenolic OH excluding ortho intramolecular Hbond substituents is 1. The molecule has 1 aliphatic heterocycles. The number of hydrogen-bond donors (Lipinski definition) is 4. The quantitative estimate of drug-likeness (QED) is 0.250. The van der Waals surface area contributed by atoms with Crippen molar-refractivity contribution in [1.82, 2.24) is 15.3 Å². The molecule has 1 fully saturated rings. The van der Waals surface area contributed by atoms with Gasteiger partial charge in [-0.3, -0.25) is 0 Å². The number of rotatable bonds is 7. The van der Waals surface area contributed by atoms with Crippen molar-refractivity contribution in [2.75, 3.05) is 30.3 Å². The van der Waals surface area contributed by atoms with Crippen molar-refractivity contribution in [2.45, 2.75) is 32.2 Å². The molecule has 8 heteroatoms. The molecule has 1 aromatic carbocycles. The fourth-order valence-corrected chi connectivity index (χ4v) is 4.20. The number of fused-ring (bicyclic) bond motifs is 1. The molecule has 0 aliphatic carbocycles. The van der Waals surface area contributed by atoms with Crippen molar-refractivity contribution in [3.05, 3.63) is 41.0 Å². The van der Waals surface area contributed by atoms with Gasteiger partial charge in [0.1, 0.15) is 5.75 Å². The lowest BCUT2D eigenvalue weighted by molar-refractivity contribution is 0.477. The van der Waals surface area contributed by atoms with Crippen LogP contribution in [0.5, 0.6) is 5.75 Å². The third-order valence-electron chi connectivity index (χ3n) is 5.75. The number of nitrogens with one attached hydrogen (secondary N) is 2. The van der Waals surface area contributed by atoms with E-state index in [-0.39, 0.29) is 5.75 Å². The molecule has 0 radical (unpaired) electrons. The number of phenols is 1. The van der Waals surface area contributed by atoms with Gasteiger partial charge in [-0.05, 0) is 37.6 Å². The molecule has 1 aliphatic rings. The zero-order valence-corrected chi connectivity index (χ0v) is 18.3. The first-order chi connectivity index (χ1) is 15.0. The minimum atomic E-state index is -0.0127. The van der Waals surface area contributed by atoms with E-state index in [9.17, 15) is 5.11 Å². The molecule has 1 atom stereocenters. The second kappa shape index (κ2) is 9.08. The van der Waals surface area contributed by atoms with Crippen LogP contribution in [-0.4, -0.2) is 47.0 Å². The lowest BCUT2D eigenvalue weighted by Crippen LogP contribution is -2.33. The summed E-state index contributed by atoms with van der Waals surface area (Å²) in [6.45, 7) is 5.19. The number of nitrogens with zero attached hydrogens (tertiary/aromatic N) is 3. The van der Waals surface area contributed by atoms with E-state index in [1.165, 1.54) is 18.9 Å². The standard InChI is InChI=1S/C23H27ClN6O/c1-2-3-5-27-15-4-6-30(13-15)16-8-17-19(24)9-21(29-23(17)28-12-16)18-7-14(11-25)20(26)10-22(18)31/h7-12,15,25,27,31H,2-6,13,26H2,1H3. The van der Waals surface area contributed by atoms with Gasteiger partial charge in [-0.15, -0.1) is 0 Å². The van der Waals surface area contributed by atoms with Crippen molar-refractivity contribution < 1.29 is 5.11 Å². The summed E-state index contributed by atoms with van der Waals surface area (Å²) in [5, 5.41) is 22.8. The van der Waals surface area contributed by atoms with Crippen LogP contribution in [-0.2, 0) is 0 Å². The van der Waals surface area contributed by atoms with Gasteiger partial charge in [-0.2, -0.15) is 0 Å². The van der Waals surface area contributed by atoms with Gasteiger partial charge in [0.25, 0.3) is 0 Å². The Morgan fingerprint density at radius 3 is 2.97 bits per heavy atom. The van der Waals surface area contributed by atoms with Crippen LogP contribution in [0.25, 0.3) is 22.3 Å². The number of anilines is 2. The highest BCUT2D eigenvalue weighted by atomic mass is 35.5. The monoisotopic (exact) mass is 438 g/mol. The van der Waals surface area contributed by atoms with Gasteiger partial charge in [-0.1, -0.05) is 24.9 Å². The van der Waals surface area contributed by atoms with Gasteiger partial charge >= 0.3 is 0 Å². The topological polar surface area (TPSA) is 111 Å². The molecule has 4 rings (SSSR count). The molecule has 31 heavy (non-hydrogen) atoms. The number of aromatic nitrogens is 2. The summed E-state index contributed by atoms with van der Waals surface area (Å²) in [6.07, 6.45) is 6.48. The summed E-state index contributed by atoms with van der Waals surface area (Å²) in [7, 11) is 0. The van der Waals surface area contributed by atoms with E-state index in [0.717, 1.165) is 43.3 Å². The fraction of sp³-hybridized carbons (Fsp3) is 0.348. The Kier molecular flexibility index (Phi) is 6.25. The van der Waals surface area contributed by atoms with E-state index in [1.807, 2.05) is 12.3 Å². The lowest BCUT2D eigenvalue weighted by atomic mass is 10.0. The van der Waals surface area contributed by atoms with Crippen molar-refractivity contribution >= 4 is 40.2 Å². The first kappa shape index (κ1) is 21.3. The van der Waals surface area contributed by atoms with E-state index in [1.54, 1.807) is 12.1 Å². The molecule has 0 spiro atoms. The number of unbranched alkanes of at least 4 members (excludes halogenated alkanes) is 1. The maximum atomic E-state index is 10.3. The summed E-state index contributed by atoms with van der Waals surface area (Å²) < 4.78 is 0. The van der Waals surface area contributed by atoms with Crippen LogP contribution in [0.1, 0.15) is 31.7 Å². The Morgan fingerprint density at radius 1 is 1.35 bits per heavy atom. The molecule has 0 amide bonds. The average molecular weight is 439 g/mol. The van der Waals surface area contributed by atoms with Gasteiger partial charge in [0.15, 0.2) is 5.65 Å². The van der Waals surface area contributed by atoms with Crippen LogP contribution in [0.15, 0.2) is 30.5 Å². The summed E-state index contributed by atoms with van der Waals surface area (Å²) in [5.41, 5.74) is 9.17. The van der Waals surface area contributed by atoms with Crippen molar-refractivity contribution in [2.24, 2.45) is 0 Å². The van der Waals surface area contributed by atoms with Crippen LogP contribution < -0.4 is 16.0 Å². The van der Waals surface area contributed by atoms with Crippen LogP contribution in [0, 0.1) is 5.41 Å². The fourth-order valence-electron chi connectivity index (χ4n) is 3.96. The summed E-state index contributed by atoms with van der Waals surface area (Å²) in [5.74, 6) is -0.0127. The largest absolute Gasteiger partial charge is 0.507 e. The minimum Gasteiger partial charge on any atom is -0.507 e.